The molecule has 0 saturated carbocycles. The van der Waals surface area contributed by atoms with Gasteiger partial charge in [-0.25, -0.2) is 0 Å². The van der Waals surface area contributed by atoms with Gasteiger partial charge in [0.1, 0.15) is 11.4 Å². The molecule has 0 aliphatic rings. The van der Waals surface area contributed by atoms with Crippen molar-refractivity contribution in [2.75, 3.05) is 14.2 Å². The molecule has 0 bridgehead atoms. The monoisotopic (exact) mass is 496 g/mol. The Kier molecular flexibility index (Phi) is 8.03. The fraction of sp³-hybridized carbons (Fsp3) is 0.233. The van der Waals surface area contributed by atoms with E-state index in [0.717, 1.165) is 22.4 Å². The van der Waals surface area contributed by atoms with Gasteiger partial charge in [0.25, 0.3) is 11.8 Å². The standard InChI is InChI=1S/C30H32N4O3/c1-21(2)33(3)30(36)25-12-10-22(11-13-25)18-31-29(35)27-20-34(19-23-8-6-5-7-9-23)32-28(27)24-14-16-26(37-4)17-15-24/h5-17,20-21H,18-19H2,1-4H3,(H,31,35). The van der Waals surface area contributed by atoms with Crippen molar-refractivity contribution in [1.82, 2.24) is 20.0 Å². The fourth-order valence-electron chi connectivity index (χ4n) is 3.88. The number of carbonyl (C=O) groups excluding carboxylic acids is 2. The Hall–Kier alpha value is -4.39. The molecule has 0 aliphatic heterocycles. The zero-order chi connectivity index (χ0) is 26.4. The molecule has 3 aromatic carbocycles. The quantitative estimate of drug-likeness (QED) is 0.353. The molecule has 190 valence electrons. The number of hydrogen-bond acceptors (Lipinski definition) is 4. The van der Waals surface area contributed by atoms with Gasteiger partial charge in [0, 0.05) is 37.0 Å². The molecule has 0 spiro atoms. The van der Waals surface area contributed by atoms with E-state index < -0.39 is 0 Å². The maximum absolute atomic E-state index is 13.3. The van der Waals surface area contributed by atoms with E-state index in [4.69, 9.17) is 9.84 Å². The summed E-state index contributed by atoms with van der Waals surface area (Å²) in [5.41, 5.74) is 4.54. The van der Waals surface area contributed by atoms with Crippen LogP contribution in [0.15, 0.2) is 85.1 Å². The second kappa shape index (κ2) is 11.6. The number of carbonyl (C=O) groups is 2. The van der Waals surface area contributed by atoms with E-state index in [0.29, 0.717) is 29.9 Å². The van der Waals surface area contributed by atoms with Crippen LogP contribution in [0.4, 0.5) is 0 Å². The molecule has 37 heavy (non-hydrogen) atoms. The van der Waals surface area contributed by atoms with Gasteiger partial charge in [-0.1, -0.05) is 42.5 Å². The normalized spacial score (nSPS) is 10.8. The largest absolute Gasteiger partial charge is 0.497 e. The van der Waals surface area contributed by atoms with Crippen LogP contribution in [0.5, 0.6) is 5.75 Å². The summed E-state index contributed by atoms with van der Waals surface area (Å²) < 4.78 is 7.06. The molecule has 1 aromatic heterocycles. The van der Waals surface area contributed by atoms with Crippen molar-refractivity contribution in [2.45, 2.75) is 33.0 Å². The Morgan fingerprint density at radius 1 is 0.946 bits per heavy atom. The van der Waals surface area contributed by atoms with Crippen LogP contribution in [0, 0.1) is 0 Å². The van der Waals surface area contributed by atoms with E-state index in [2.05, 4.69) is 5.32 Å². The lowest BCUT2D eigenvalue weighted by Gasteiger charge is -2.21. The first-order valence-electron chi connectivity index (χ1n) is 12.3. The number of ether oxygens (including phenoxy) is 1. The molecule has 4 rings (SSSR count). The third-order valence-electron chi connectivity index (χ3n) is 6.31. The zero-order valence-electron chi connectivity index (χ0n) is 21.6. The highest BCUT2D eigenvalue weighted by Crippen LogP contribution is 2.25. The van der Waals surface area contributed by atoms with Crippen molar-refractivity contribution < 1.29 is 14.3 Å². The minimum atomic E-state index is -0.218. The van der Waals surface area contributed by atoms with Crippen molar-refractivity contribution in [3.63, 3.8) is 0 Å². The lowest BCUT2D eigenvalue weighted by molar-refractivity contribution is 0.0754. The predicted octanol–water partition coefficient (Wildman–Crippen LogP) is 5.02. The first-order chi connectivity index (χ1) is 17.9. The number of rotatable bonds is 9. The minimum Gasteiger partial charge on any atom is -0.497 e. The average Bonchev–Trinajstić information content (AvgIpc) is 3.35. The third-order valence-corrected chi connectivity index (χ3v) is 6.31. The number of methoxy groups -OCH3 is 1. The van der Waals surface area contributed by atoms with Crippen LogP contribution in [0.25, 0.3) is 11.3 Å². The number of nitrogens with zero attached hydrogens (tertiary/aromatic N) is 3. The minimum absolute atomic E-state index is 0.0273. The van der Waals surface area contributed by atoms with Gasteiger partial charge in [0.15, 0.2) is 0 Å². The Labute approximate surface area is 217 Å². The Morgan fingerprint density at radius 3 is 2.24 bits per heavy atom. The van der Waals surface area contributed by atoms with Crippen LogP contribution in [0.2, 0.25) is 0 Å². The first kappa shape index (κ1) is 25.7. The number of amides is 2. The molecule has 0 atom stereocenters. The van der Waals surface area contributed by atoms with Gasteiger partial charge < -0.3 is 15.0 Å². The third kappa shape index (κ3) is 6.25. The van der Waals surface area contributed by atoms with Crippen LogP contribution in [0.3, 0.4) is 0 Å². The summed E-state index contributed by atoms with van der Waals surface area (Å²) in [6.45, 7) is 4.84. The highest BCUT2D eigenvalue weighted by molar-refractivity contribution is 5.99. The van der Waals surface area contributed by atoms with E-state index in [-0.39, 0.29) is 17.9 Å². The topological polar surface area (TPSA) is 76.5 Å². The summed E-state index contributed by atoms with van der Waals surface area (Å²) in [4.78, 5) is 27.5. The van der Waals surface area contributed by atoms with E-state index in [1.807, 2.05) is 80.6 Å². The average molecular weight is 497 g/mol. The second-order valence-electron chi connectivity index (χ2n) is 9.19. The lowest BCUT2D eigenvalue weighted by atomic mass is 10.1. The number of nitrogens with one attached hydrogen (secondary N) is 1. The highest BCUT2D eigenvalue weighted by Gasteiger charge is 2.19. The van der Waals surface area contributed by atoms with Gasteiger partial charge in [-0.3, -0.25) is 14.3 Å². The lowest BCUT2D eigenvalue weighted by Crippen LogP contribution is -2.32. The molecule has 0 saturated heterocycles. The molecule has 7 heteroatoms. The van der Waals surface area contributed by atoms with Crippen LogP contribution < -0.4 is 10.1 Å². The van der Waals surface area contributed by atoms with Crippen LogP contribution >= 0.6 is 0 Å². The molecule has 0 unspecified atom stereocenters. The zero-order valence-corrected chi connectivity index (χ0v) is 21.6. The maximum atomic E-state index is 13.3. The van der Waals surface area contributed by atoms with E-state index >= 15 is 0 Å². The maximum Gasteiger partial charge on any atom is 0.255 e. The van der Waals surface area contributed by atoms with E-state index in [1.54, 1.807) is 42.1 Å². The van der Waals surface area contributed by atoms with Gasteiger partial charge in [0.05, 0.1) is 19.2 Å². The van der Waals surface area contributed by atoms with Crippen molar-refractivity contribution in [2.24, 2.45) is 0 Å². The van der Waals surface area contributed by atoms with Gasteiger partial charge in [-0.2, -0.15) is 5.10 Å². The summed E-state index contributed by atoms with van der Waals surface area (Å²) in [7, 11) is 3.41. The first-order valence-corrected chi connectivity index (χ1v) is 12.3. The Bertz CT molecular complexity index is 1340. The molecule has 0 radical (unpaired) electrons. The van der Waals surface area contributed by atoms with Crippen LogP contribution in [-0.4, -0.2) is 46.7 Å². The molecule has 0 fully saturated rings. The molecule has 2 amide bonds. The number of aromatic nitrogens is 2. The van der Waals surface area contributed by atoms with E-state index in [9.17, 15) is 9.59 Å². The molecule has 0 aliphatic carbocycles. The van der Waals surface area contributed by atoms with Crippen molar-refractivity contribution in [1.29, 1.82) is 0 Å². The van der Waals surface area contributed by atoms with Gasteiger partial charge in [0.2, 0.25) is 0 Å². The van der Waals surface area contributed by atoms with Crippen LogP contribution in [-0.2, 0) is 13.1 Å². The van der Waals surface area contributed by atoms with Crippen molar-refractivity contribution in [3.8, 4) is 17.0 Å². The summed E-state index contributed by atoms with van der Waals surface area (Å²) in [6.07, 6.45) is 1.78. The van der Waals surface area contributed by atoms with Gasteiger partial charge >= 0.3 is 0 Å². The van der Waals surface area contributed by atoms with Crippen molar-refractivity contribution >= 4 is 11.8 Å². The SMILES string of the molecule is COc1ccc(-c2nn(Cc3ccccc3)cc2C(=O)NCc2ccc(C(=O)N(C)C(C)C)cc2)cc1. The molecule has 1 N–H and O–H groups in total. The number of hydrogen-bond donors (Lipinski definition) is 1. The molecular formula is C30H32N4O3. The Balaban J connectivity index is 1.52. The molecular weight excluding hydrogens is 464 g/mol. The summed E-state index contributed by atoms with van der Waals surface area (Å²) in [6, 6.07) is 24.9. The summed E-state index contributed by atoms with van der Waals surface area (Å²) >= 11 is 0. The van der Waals surface area contributed by atoms with E-state index in [1.165, 1.54) is 0 Å². The fourth-order valence-corrected chi connectivity index (χ4v) is 3.88. The molecule has 1 heterocycles. The Morgan fingerprint density at radius 2 is 1.62 bits per heavy atom. The predicted molar refractivity (Wildman–Crippen MR) is 145 cm³/mol. The second-order valence-corrected chi connectivity index (χ2v) is 9.19. The smallest absolute Gasteiger partial charge is 0.255 e. The van der Waals surface area contributed by atoms with Gasteiger partial charge in [-0.05, 0) is 61.4 Å². The summed E-state index contributed by atoms with van der Waals surface area (Å²) in [5, 5.41) is 7.74. The van der Waals surface area contributed by atoms with Crippen LogP contribution in [0.1, 0.15) is 45.7 Å². The summed E-state index contributed by atoms with van der Waals surface area (Å²) in [5.74, 6) is 0.491. The molecule has 7 nitrogen and oxygen atoms in total. The highest BCUT2D eigenvalue weighted by atomic mass is 16.5. The van der Waals surface area contributed by atoms with Crippen molar-refractivity contribution in [3.05, 3.63) is 107 Å². The number of benzene rings is 3. The van der Waals surface area contributed by atoms with Gasteiger partial charge in [-0.15, -0.1) is 0 Å². The molecule has 4 aromatic rings.